The van der Waals surface area contributed by atoms with Gasteiger partial charge in [0.15, 0.2) is 0 Å². The second-order valence-electron chi connectivity index (χ2n) is 5.34. The number of carbonyl (C=O) groups is 1. The molecule has 1 aliphatic heterocycles. The standard InChI is InChI=1S/C15H21NO4/c17-13(9-14(18)19)15(20)12-5-3-4-11(8-12)10-16-6-1-2-7-16/h3-5,8,13,15,17,20H,1-2,6-7,9-10H2,(H,18,19). The fourth-order valence-electron chi connectivity index (χ4n) is 2.59. The van der Waals surface area contributed by atoms with Gasteiger partial charge >= 0.3 is 5.97 Å². The van der Waals surface area contributed by atoms with E-state index < -0.39 is 24.6 Å². The van der Waals surface area contributed by atoms with Crippen LogP contribution in [0.4, 0.5) is 0 Å². The zero-order chi connectivity index (χ0) is 14.5. The van der Waals surface area contributed by atoms with Gasteiger partial charge in [0.25, 0.3) is 0 Å². The number of aliphatic hydroxyl groups excluding tert-OH is 2. The van der Waals surface area contributed by atoms with Gasteiger partial charge in [-0.2, -0.15) is 0 Å². The summed E-state index contributed by atoms with van der Waals surface area (Å²) in [5, 5.41) is 28.3. The number of aliphatic carboxylic acids is 1. The minimum atomic E-state index is -1.28. The number of hydrogen-bond acceptors (Lipinski definition) is 4. The maximum atomic E-state index is 10.6. The maximum absolute atomic E-state index is 10.6. The molecule has 20 heavy (non-hydrogen) atoms. The summed E-state index contributed by atoms with van der Waals surface area (Å²) >= 11 is 0. The Kier molecular flexibility index (Phi) is 5.11. The number of benzene rings is 1. The lowest BCUT2D eigenvalue weighted by Gasteiger charge is -2.19. The van der Waals surface area contributed by atoms with Gasteiger partial charge in [-0.25, -0.2) is 0 Å². The van der Waals surface area contributed by atoms with E-state index in [4.69, 9.17) is 5.11 Å². The molecule has 3 N–H and O–H groups in total. The highest BCUT2D eigenvalue weighted by atomic mass is 16.4. The van der Waals surface area contributed by atoms with Crippen molar-refractivity contribution in [3.63, 3.8) is 0 Å². The molecule has 0 bridgehead atoms. The van der Waals surface area contributed by atoms with Crippen LogP contribution in [-0.2, 0) is 11.3 Å². The molecule has 1 fully saturated rings. The fraction of sp³-hybridized carbons (Fsp3) is 0.533. The van der Waals surface area contributed by atoms with E-state index in [0.29, 0.717) is 5.56 Å². The molecular weight excluding hydrogens is 258 g/mol. The summed E-state index contributed by atoms with van der Waals surface area (Å²) in [5.74, 6) is -1.12. The van der Waals surface area contributed by atoms with E-state index in [0.717, 1.165) is 25.2 Å². The van der Waals surface area contributed by atoms with Crippen LogP contribution >= 0.6 is 0 Å². The topological polar surface area (TPSA) is 81.0 Å². The molecule has 2 unspecified atom stereocenters. The minimum absolute atomic E-state index is 0.461. The quantitative estimate of drug-likeness (QED) is 0.728. The fourth-order valence-corrected chi connectivity index (χ4v) is 2.59. The van der Waals surface area contributed by atoms with Crippen LogP contribution in [0.5, 0.6) is 0 Å². The largest absolute Gasteiger partial charge is 0.481 e. The first-order valence-electron chi connectivity index (χ1n) is 6.95. The second-order valence-corrected chi connectivity index (χ2v) is 5.34. The molecule has 1 aromatic carbocycles. The highest BCUT2D eigenvalue weighted by Gasteiger charge is 2.21. The number of carboxylic acid groups (broad SMARTS) is 1. The molecule has 5 heteroatoms. The van der Waals surface area contributed by atoms with Crippen molar-refractivity contribution >= 4 is 5.97 Å². The Balaban J connectivity index is 2.02. The maximum Gasteiger partial charge on any atom is 0.306 e. The van der Waals surface area contributed by atoms with E-state index in [2.05, 4.69) is 4.90 Å². The van der Waals surface area contributed by atoms with Gasteiger partial charge in [-0.1, -0.05) is 24.3 Å². The van der Waals surface area contributed by atoms with Gasteiger partial charge in [-0.3, -0.25) is 9.69 Å². The summed E-state index contributed by atoms with van der Waals surface area (Å²) in [7, 11) is 0. The van der Waals surface area contributed by atoms with Crippen molar-refractivity contribution in [2.75, 3.05) is 13.1 Å². The van der Waals surface area contributed by atoms with Gasteiger partial charge in [-0.15, -0.1) is 0 Å². The first-order chi connectivity index (χ1) is 9.56. The third-order valence-corrected chi connectivity index (χ3v) is 3.65. The van der Waals surface area contributed by atoms with Crippen LogP contribution in [0, 0.1) is 0 Å². The van der Waals surface area contributed by atoms with Gasteiger partial charge < -0.3 is 15.3 Å². The zero-order valence-corrected chi connectivity index (χ0v) is 11.4. The predicted molar refractivity (Wildman–Crippen MR) is 74.2 cm³/mol. The molecule has 0 amide bonds. The van der Waals surface area contributed by atoms with E-state index >= 15 is 0 Å². The summed E-state index contributed by atoms with van der Waals surface area (Å²) in [6.07, 6.45) is -0.462. The van der Waals surface area contributed by atoms with Crippen molar-refractivity contribution in [2.24, 2.45) is 0 Å². The van der Waals surface area contributed by atoms with Crippen LogP contribution in [0.2, 0.25) is 0 Å². The Morgan fingerprint density at radius 3 is 2.60 bits per heavy atom. The molecule has 5 nitrogen and oxygen atoms in total. The van der Waals surface area contributed by atoms with Gasteiger partial charge in [-0.05, 0) is 37.1 Å². The highest BCUT2D eigenvalue weighted by Crippen LogP contribution is 2.21. The lowest BCUT2D eigenvalue weighted by atomic mass is 10.00. The average Bonchev–Trinajstić information content (AvgIpc) is 2.90. The first kappa shape index (κ1) is 15.0. The van der Waals surface area contributed by atoms with Gasteiger partial charge in [0.1, 0.15) is 6.10 Å². The normalized spacial score (nSPS) is 18.9. The summed E-state index contributed by atoms with van der Waals surface area (Å²) in [4.78, 5) is 12.9. The minimum Gasteiger partial charge on any atom is -0.481 e. The number of carboxylic acids is 1. The van der Waals surface area contributed by atoms with Crippen molar-refractivity contribution < 1.29 is 20.1 Å². The summed E-state index contributed by atoms with van der Waals surface area (Å²) in [5.41, 5.74) is 1.64. The van der Waals surface area contributed by atoms with Gasteiger partial charge in [0.05, 0.1) is 12.5 Å². The van der Waals surface area contributed by atoms with Gasteiger partial charge in [0, 0.05) is 6.54 Å². The molecule has 1 saturated heterocycles. The SMILES string of the molecule is O=C(O)CC(O)C(O)c1cccc(CN2CCCC2)c1. The third-order valence-electron chi connectivity index (χ3n) is 3.65. The Bertz CT molecular complexity index is 457. The van der Waals surface area contributed by atoms with Crippen LogP contribution in [0.15, 0.2) is 24.3 Å². The molecule has 0 radical (unpaired) electrons. The lowest BCUT2D eigenvalue weighted by molar-refractivity contribution is -0.141. The molecule has 1 heterocycles. The van der Waals surface area contributed by atoms with Crippen LogP contribution in [-0.4, -0.2) is 45.4 Å². The van der Waals surface area contributed by atoms with E-state index in [9.17, 15) is 15.0 Å². The second kappa shape index (κ2) is 6.83. The average molecular weight is 279 g/mol. The van der Waals surface area contributed by atoms with Crippen LogP contribution < -0.4 is 0 Å². The van der Waals surface area contributed by atoms with E-state index in [-0.39, 0.29) is 0 Å². The molecule has 2 rings (SSSR count). The molecule has 0 spiro atoms. The summed E-state index contributed by atoms with van der Waals surface area (Å²) < 4.78 is 0. The Morgan fingerprint density at radius 2 is 1.95 bits per heavy atom. The Morgan fingerprint density at radius 1 is 1.25 bits per heavy atom. The molecule has 1 aliphatic rings. The molecule has 0 saturated carbocycles. The number of likely N-dealkylation sites (tertiary alicyclic amines) is 1. The van der Waals surface area contributed by atoms with Crippen molar-refractivity contribution in [1.29, 1.82) is 0 Å². The Hall–Kier alpha value is -1.43. The van der Waals surface area contributed by atoms with Crippen molar-refractivity contribution in [3.05, 3.63) is 35.4 Å². The van der Waals surface area contributed by atoms with Gasteiger partial charge in [0.2, 0.25) is 0 Å². The number of hydrogen-bond donors (Lipinski definition) is 3. The lowest BCUT2D eigenvalue weighted by Crippen LogP contribution is -2.22. The molecule has 0 aromatic heterocycles. The first-order valence-corrected chi connectivity index (χ1v) is 6.95. The molecule has 0 aliphatic carbocycles. The molecular formula is C15H21NO4. The third kappa shape index (κ3) is 4.03. The van der Waals surface area contributed by atoms with Crippen LogP contribution in [0.1, 0.15) is 36.5 Å². The smallest absolute Gasteiger partial charge is 0.306 e. The van der Waals surface area contributed by atoms with Crippen molar-refractivity contribution in [2.45, 2.75) is 38.0 Å². The van der Waals surface area contributed by atoms with Crippen molar-refractivity contribution in [3.8, 4) is 0 Å². The summed E-state index contributed by atoms with van der Waals surface area (Å²) in [6.45, 7) is 3.01. The Labute approximate surface area is 118 Å². The van der Waals surface area contributed by atoms with Crippen LogP contribution in [0.3, 0.4) is 0 Å². The summed E-state index contributed by atoms with van der Waals surface area (Å²) in [6, 6.07) is 7.37. The molecule has 110 valence electrons. The van der Waals surface area contributed by atoms with E-state index in [1.807, 2.05) is 18.2 Å². The van der Waals surface area contributed by atoms with Crippen LogP contribution in [0.25, 0.3) is 0 Å². The molecule has 1 aromatic rings. The molecule has 2 atom stereocenters. The number of nitrogens with zero attached hydrogens (tertiary/aromatic N) is 1. The van der Waals surface area contributed by atoms with Crippen molar-refractivity contribution in [1.82, 2.24) is 4.90 Å². The number of rotatable bonds is 6. The van der Waals surface area contributed by atoms with E-state index in [1.54, 1.807) is 6.07 Å². The van der Waals surface area contributed by atoms with E-state index in [1.165, 1.54) is 12.8 Å². The number of aliphatic hydroxyl groups is 2. The monoisotopic (exact) mass is 279 g/mol. The predicted octanol–water partition coefficient (Wildman–Crippen LogP) is 1.15. The zero-order valence-electron chi connectivity index (χ0n) is 11.4. The highest BCUT2D eigenvalue weighted by molar-refractivity contribution is 5.67.